The van der Waals surface area contributed by atoms with Gasteiger partial charge in [-0.2, -0.15) is 0 Å². The molecular formula is C9H19ClMgO2. The van der Waals surface area contributed by atoms with E-state index in [0.717, 1.165) is 0 Å². The van der Waals surface area contributed by atoms with Crippen LogP contribution in [0.3, 0.4) is 0 Å². The van der Waals surface area contributed by atoms with Gasteiger partial charge in [0.05, 0.1) is 12.2 Å². The molecule has 0 aromatic rings. The van der Waals surface area contributed by atoms with Gasteiger partial charge in [0.1, 0.15) is 6.29 Å². The van der Waals surface area contributed by atoms with Gasteiger partial charge in [0.15, 0.2) is 0 Å². The Balaban J connectivity index is -0.000000500. The topological polar surface area (TPSA) is 18.5 Å². The number of hydrogen-bond acceptors (Lipinski definition) is 2. The van der Waals surface area contributed by atoms with Crippen LogP contribution < -0.4 is 12.4 Å². The number of halogens is 1. The molecule has 4 heteroatoms. The Bertz CT molecular complexity index is 89.6. The normalized spacial score (nSPS) is 10.2. The third-order valence-corrected chi connectivity index (χ3v) is 1.08. The molecule has 0 aliphatic carbocycles. The van der Waals surface area contributed by atoms with Crippen LogP contribution in [0.2, 0.25) is 0 Å². The van der Waals surface area contributed by atoms with Gasteiger partial charge in [-0.1, -0.05) is 0 Å². The van der Waals surface area contributed by atoms with Gasteiger partial charge in [-0.3, -0.25) is 0 Å². The van der Waals surface area contributed by atoms with Gasteiger partial charge in [-0.25, -0.2) is 0 Å². The van der Waals surface area contributed by atoms with Crippen LogP contribution in [0.5, 0.6) is 0 Å². The maximum absolute atomic E-state index is 5.43. The quantitative estimate of drug-likeness (QED) is 0.336. The van der Waals surface area contributed by atoms with E-state index >= 15 is 0 Å². The Morgan fingerprint density at radius 2 is 1.31 bits per heavy atom. The molecule has 0 aliphatic heterocycles. The minimum atomic E-state index is -0.144. The van der Waals surface area contributed by atoms with Crippen LogP contribution in [-0.4, -0.2) is 41.6 Å². The molecule has 0 aromatic carbocycles. The fourth-order valence-corrected chi connectivity index (χ4v) is 0.775. The zero-order valence-electron chi connectivity index (χ0n) is 9.05. The molecule has 2 nitrogen and oxygen atoms in total. The van der Waals surface area contributed by atoms with Gasteiger partial charge in [-0.05, 0) is 27.7 Å². The number of hydrogen-bond donors (Lipinski definition) is 0. The third-order valence-electron chi connectivity index (χ3n) is 1.08. The molecule has 0 aliphatic rings. The van der Waals surface area contributed by atoms with E-state index in [4.69, 9.17) is 9.47 Å². The summed E-state index contributed by atoms with van der Waals surface area (Å²) in [6.07, 6.45) is 0.937. The average molecular weight is 219 g/mol. The van der Waals surface area contributed by atoms with E-state index in [2.05, 4.69) is 6.92 Å². The Morgan fingerprint density at radius 3 is 1.46 bits per heavy atom. The second kappa shape index (κ2) is 11.1. The molecule has 76 valence electrons. The van der Waals surface area contributed by atoms with Crippen LogP contribution in [0.15, 0.2) is 0 Å². The summed E-state index contributed by atoms with van der Waals surface area (Å²) < 4.78 is 10.9. The molecule has 0 aromatic heterocycles. The predicted molar refractivity (Wildman–Crippen MR) is 52.0 cm³/mol. The van der Waals surface area contributed by atoms with Crippen LogP contribution in [0.4, 0.5) is 0 Å². The van der Waals surface area contributed by atoms with Crippen LogP contribution in [-0.2, 0) is 9.47 Å². The minimum absolute atomic E-state index is 0. The zero-order chi connectivity index (χ0) is 8.85. The van der Waals surface area contributed by atoms with Crippen molar-refractivity contribution in [1.29, 1.82) is 0 Å². The third kappa shape index (κ3) is 13.0. The molecule has 0 saturated heterocycles. The zero-order valence-corrected chi connectivity index (χ0v) is 11.2. The van der Waals surface area contributed by atoms with Crippen molar-refractivity contribution in [2.24, 2.45) is 0 Å². The standard InChI is InChI=1S/C9H19O2.ClH.Mg/c1-6-9(10-7(2)3)11-8(4)5;;/h7-9H,1,6H2,2-5H3;1H;/q-1;;+2/p-1. The summed E-state index contributed by atoms with van der Waals surface area (Å²) in [5.74, 6) is 0. The second-order valence-electron chi connectivity index (χ2n) is 3.09. The monoisotopic (exact) mass is 218 g/mol. The molecule has 0 spiro atoms. The Hall–Kier alpha value is 0.976. The van der Waals surface area contributed by atoms with Gasteiger partial charge in [0, 0.05) is 0 Å². The van der Waals surface area contributed by atoms with E-state index in [9.17, 15) is 0 Å². The molecule has 0 heterocycles. The van der Waals surface area contributed by atoms with Gasteiger partial charge >= 0.3 is 23.1 Å². The van der Waals surface area contributed by atoms with E-state index in [1.165, 1.54) is 0 Å². The summed E-state index contributed by atoms with van der Waals surface area (Å²) in [4.78, 5) is 0. The SMILES string of the molecule is [CH2-]CC(OC(C)C)OC(C)C.[Cl-].[Mg+2]. The summed E-state index contributed by atoms with van der Waals surface area (Å²) >= 11 is 0. The maximum atomic E-state index is 5.43. The maximum Gasteiger partial charge on any atom is 2.00 e. The molecule has 0 fully saturated rings. The fourth-order valence-electron chi connectivity index (χ4n) is 0.775. The first-order valence-corrected chi connectivity index (χ1v) is 4.16. The van der Waals surface area contributed by atoms with E-state index in [0.29, 0.717) is 6.42 Å². The summed E-state index contributed by atoms with van der Waals surface area (Å²) in [6.45, 7) is 11.7. The van der Waals surface area contributed by atoms with Gasteiger partial charge in [0.25, 0.3) is 0 Å². The van der Waals surface area contributed by atoms with Gasteiger partial charge in [0.2, 0.25) is 0 Å². The molecule has 0 atom stereocenters. The molecule has 0 rings (SSSR count). The van der Waals surface area contributed by atoms with Crippen LogP contribution >= 0.6 is 0 Å². The van der Waals surface area contributed by atoms with Crippen molar-refractivity contribution in [3.8, 4) is 0 Å². The summed E-state index contributed by atoms with van der Waals surface area (Å²) in [7, 11) is 0. The number of ether oxygens (including phenoxy) is 2. The average Bonchev–Trinajstić information content (AvgIpc) is 1.84. The molecular weight excluding hydrogens is 200 g/mol. The smallest absolute Gasteiger partial charge is 1.00 e. The van der Waals surface area contributed by atoms with Crippen LogP contribution in [0.25, 0.3) is 0 Å². The van der Waals surface area contributed by atoms with E-state index in [-0.39, 0.29) is 54.0 Å². The molecule has 0 amide bonds. The van der Waals surface area contributed by atoms with E-state index in [1.54, 1.807) is 0 Å². The molecule has 0 unspecified atom stereocenters. The summed E-state index contributed by atoms with van der Waals surface area (Å²) in [6, 6.07) is 0. The minimum Gasteiger partial charge on any atom is -1.00 e. The Morgan fingerprint density at radius 1 is 1.00 bits per heavy atom. The molecule has 13 heavy (non-hydrogen) atoms. The summed E-state index contributed by atoms with van der Waals surface area (Å²) in [5.41, 5.74) is 0. The predicted octanol–water partition coefficient (Wildman–Crippen LogP) is -0.990. The first-order valence-electron chi connectivity index (χ1n) is 4.16. The fraction of sp³-hybridized carbons (Fsp3) is 0.889. The van der Waals surface area contributed by atoms with Gasteiger partial charge in [-0.15, -0.1) is 6.42 Å². The van der Waals surface area contributed by atoms with Crippen molar-refractivity contribution in [1.82, 2.24) is 0 Å². The molecule has 0 saturated carbocycles. The van der Waals surface area contributed by atoms with Crippen molar-refractivity contribution in [3.05, 3.63) is 6.92 Å². The van der Waals surface area contributed by atoms with E-state index in [1.807, 2.05) is 27.7 Å². The van der Waals surface area contributed by atoms with Crippen LogP contribution in [0, 0.1) is 6.92 Å². The Kier molecular flexibility index (Phi) is 16.6. The van der Waals surface area contributed by atoms with Crippen molar-refractivity contribution in [3.63, 3.8) is 0 Å². The Labute approximate surface area is 104 Å². The second-order valence-corrected chi connectivity index (χ2v) is 3.09. The van der Waals surface area contributed by atoms with Crippen molar-refractivity contribution in [2.75, 3.05) is 0 Å². The molecule has 0 N–H and O–H groups in total. The number of rotatable bonds is 5. The summed E-state index contributed by atoms with van der Waals surface area (Å²) in [5, 5.41) is 0. The molecule has 0 radical (unpaired) electrons. The van der Waals surface area contributed by atoms with Crippen molar-refractivity contribution in [2.45, 2.75) is 52.6 Å². The first-order chi connectivity index (χ1) is 5.06. The van der Waals surface area contributed by atoms with Crippen molar-refractivity contribution >= 4 is 23.1 Å². The van der Waals surface area contributed by atoms with Crippen molar-refractivity contribution < 1.29 is 21.9 Å². The molecule has 0 bridgehead atoms. The van der Waals surface area contributed by atoms with Gasteiger partial charge < -0.3 is 28.8 Å². The van der Waals surface area contributed by atoms with Crippen LogP contribution in [0.1, 0.15) is 34.1 Å². The first kappa shape index (κ1) is 19.5. The van der Waals surface area contributed by atoms with E-state index < -0.39 is 0 Å². The largest absolute Gasteiger partial charge is 2.00 e.